The number of hydrogen-bond donors (Lipinski definition) is 2. The van der Waals surface area contributed by atoms with Crippen LogP contribution in [0, 0.1) is 0 Å². The minimum atomic E-state index is -1.20. The molecular weight excluding hydrogens is 330 g/mol. The number of nitrogens with one attached hydrogen (secondary N) is 2. The summed E-state index contributed by atoms with van der Waals surface area (Å²) in [6, 6.07) is 6.12. The Bertz CT molecular complexity index is 647. The van der Waals surface area contributed by atoms with Gasteiger partial charge in [0.15, 0.2) is 0 Å². The van der Waals surface area contributed by atoms with E-state index in [4.69, 9.17) is 11.6 Å². The smallest absolute Gasteiger partial charge is 0.325 e. The average molecular weight is 352 g/mol. The normalized spacial score (nSPS) is 21.6. The second kappa shape index (κ2) is 7.21. The Morgan fingerprint density at radius 1 is 1.33 bits per heavy atom. The largest absolute Gasteiger partial charge is 0.352 e. The third-order valence-electron chi connectivity index (χ3n) is 4.13. The van der Waals surface area contributed by atoms with Crippen molar-refractivity contribution in [2.45, 2.75) is 45.2 Å². The Kier molecular flexibility index (Phi) is 5.49. The van der Waals surface area contributed by atoms with Gasteiger partial charge in [0.05, 0.1) is 0 Å². The van der Waals surface area contributed by atoms with E-state index in [0.29, 0.717) is 10.6 Å². The van der Waals surface area contributed by atoms with Crippen molar-refractivity contribution in [1.29, 1.82) is 0 Å². The van der Waals surface area contributed by atoms with E-state index in [0.717, 1.165) is 17.7 Å². The zero-order valence-electron chi connectivity index (χ0n) is 14.1. The molecular formula is C17H22ClN3O3. The lowest BCUT2D eigenvalue weighted by Gasteiger charge is -2.22. The number of urea groups is 1. The van der Waals surface area contributed by atoms with Crippen LogP contribution in [0.4, 0.5) is 4.79 Å². The number of benzene rings is 1. The van der Waals surface area contributed by atoms with Crippen LogP contribution >= 0.6 is 11.6 Å². The summed E-state index contributed by atoms with van der Waals surface area (Å²) >= 11 is 5.86. The highest BCUT2D eigenvalue weighted by molar-refractivity contribution is 6.30. The Morgan fingerprint density at radius 3 is 2.54 bits per heavy atom. The predicted octanol–water partition coefficient (Wildman–Crippen LogP) is 2.41. The first-order chi connectivity index (χ1) is 11.3. The van der Waals surface area contributed by atoms with Gasteiger partial charge < -0.3 is 10.6 Å². The fourth-order valence-electron chi connectivity index (χ4n) is 2.79. The molecule has 6 nitrogen and oxygen atoms in total. The zero-order valence-corrected chi connectivity index (χ0v) is 14.8. The van der Waals surface area contributed by atoms with Crippen molar-refractivity contribution in [2.75, 3.05) is 6.54 Å². The summed E-state index contributed by atoms with van der Waals surface area (Å²) in [5.74, 6) is -0.798. The predicted molar refractivity (Wildman–Crippen MR) is 91.6 cm³/mol. The minimum Gasteiger partial charge on any atom is -0.352 e. The molecule has 2 atom stereocenters. The Hall–Kier alpha value is -2.08. The van der Waals surface area contributed by atoms with E-state index in [-0.39, 0.29) is 18.5 Å². The SMILES string of the molecule is CCC[C@@H](C)NC(=O)CN1C(=O)N[C@@](C)(c2ccc(Cl)cc2)C1=O. The van der Waals surface area contributed by atoms with E-state index in [9.17, 15) is 14.4 Å². The second-order valence-electron chi connectivity index (χ2n) is 6.21. The van der Waals surface area contributed by atoms with E-state index >= 15 is 0 Å². The third-order valence-corrected chi connectivity index (χ3v) is 4.38. The first-order valence-corrected chi connectivity index (χ1v) is 8.35. The number of carbonyl (C=O) groups is 3. The van der Waals surface area contributed by atoms with Crippen molar-refractivity contribution in [3.8, 4) is 0 Å². The molecule has 1 heterocycles. The van der Waals surface area contributed by atoms with Crippen LogP contribution in [0.25, 0.3) is 0 Å². The lowest BCUT2D eigenvalue weighted by molar-refractivity contribution is -0.135. The molecule has 1 fully saturated rings. The number of amides is 4. The van der Waals surface area contributed by atoms with Crippen LogP contribution in [0.2, 0.25) is 5.02 Å². The number of rotatable bonds is 6. The Balaban J connectivity index is 2.11. The Labute approximate surface area is 146 Å². The van der Waals surface area contributed by atoms with Crippen LogP contribution in [0.15, 0.2) is 24.3 Å². The molecule has 1 aliphatic heterocycles. The van der Waals surface area contributed by atoms with Crippen molar-refractivity contribution in [3.63, 3.8) is 0 Å². The van der Waals surface area contributed by atoms with Crippen LogP contribution < -0.4 is 10.6 Å². The monoisotopic (exact) mass is 351 g/mol. The molecule has 0 saturated carbocycles. The van der Waals surface area contributed by atoms with Gasteiger partial charge in [0, 0.05) is 11.1 Å². The van der Waals surface area contributed by atoms with Crippen LogP contribution in [0.3, 0.4) is 0 Å². The summed E-state index contributed by atoms with van der Waals surface area (Å²) < 4.78 is 0. The van der Waals surface area contributed by atoms with Crippen molar-refractivity contribution >= 4 is 29.4 Å². The summed E-state index contributed by atoms with van der Waals surface area (Å²) in [6.45, 7) is 5.25. The Morgan fingerprint density at radius 2 is 1.96 bits per heavy atom. The quantitative estimate of drug-likeness (QED) is 0.772. The molecule has 0 unspecified atom stereocenters. The summed E-state index contributed by atoms with van der Waals surface area (Å²) in [4.78, 5) is 37.9. The second-order valence-corrected chi connectivity index (χ2v) is 6.65. The lowest BCUT2D eigenvalue weighted by Crippen LogP contribution is -2.44. The molecule has 7 heteroatoms. The topological polar surface area (TPSA) is 78.5 Å². The van der Waals surface area contributed by atoms with Gasteiger partial charge in [-0.2, -0.15) is 0 Å². The van der Waals surface area contributed by atoms with Crippen molar-refractivity contribution < 1.29 is 14.4 Å². The summed E-state index contributed by atoms with van der Waals surface area (Å²) in [5, 5.41) is 6.00. The van der Waals surface area contributed by atoms with Gasteiger partial charge in [-0.1, -0.05) is 37.1 Å². The number of imide groups is 1. The van der Waals surface area contributed by atoms with Crippen molar-refractivity contribution in [1.82, 2.24) is 15.5 Å². The minimum absolute atomic E-state index is 0.00548. The number of nitrogens with zero attached hydrogens (tertiary/aromatic N) is 1. The highest BCUT2D eigenvalue weighted by atomic mass is 35.5. The molecule has 1 aromatic carbocycles. The van der Waals surface area contributed by atoms with Gasteiger partial charge in [-0.15, -0.1) is 0 Å². The molecule has 0 bridgehead atoms. The van der Waals surface area contributed by atoms with Crippen LogP contribution in [0.1, 0.15) is 39.2 Å². The van der Waals surface area contributed by atoms with Gasteiger partial charge in [0.2, 0.25) is 5.91 Å². The summed E-state index contributed by atoms with van der Waals surface area (Å²) in [5.41, 5.74) is -0.579. The van der Waals surface area contributed by atoms with Crippen LogP contribution in [-0.2, 0) is 15.1 Å². The average Bonchev–Trinajstić information content (AvgIpc) is 2.72. The fourth-order valence-corrected chi connectivity index (χ4v) is 2.91. The molecule has 2 N–H and O–H groups in total. The first-order valence-electron chi connectivity index (χ1n) is 7.97. The maximum Gasteiger partial charge on any atom is 0.325 e. The highest BCUT2D eigenvalue weighted by Gasteiger charge is 2.49. The zero-order chi connectivity index (χ0) is 17.9. The van der Waals surface area contributed by atoms with Gasteiger partial charge >= 0.3 is 6.03 Å². The molecule has 0 spiro atoms. The standard InChI is InChI=1S/C17H22ClN3O3/c1-4-5-11(2)19-14(22)10-21-15(23)17(3,20-16(21)24)12-6-8-13(18)9-7-12/h6-9,11H,4-5,10H2,1-3H3,(H,19,22)(H,20,24)/t11-,17+/m1/s1. The molecule has 2 rings (SSSR count). The van der Waals surface area contributed by atoms with Gasteiger partial charge in [0.25, 0.3) is 5.91 Å². The van der Waals surface area contributed by atoms with Crippen LogP contribution in [-0.4, -0.2) is 35.3 Å². The van der Waals surface area contributed by atoms with Gasteiger partial charge in [-0.25, -0.2) is 4.79 Å². The van der Waals surface area contributed by atoms with Crippen molar-refractivity contribution in [2.24, 2.45) is 0 Å². The van der Waals surface area contributed by atoms with E-state index in [2.05, 4.69) is 10.6 Å². The fraction of sp³-hybridized carbons (Fsp3) is 0.471. The molecule has 1 saturated heterocycles. The third kappa shape index (κ3) is 3.70. The van der Waals surface area contributed by atoms with Gasteiger partial charge in [-0.05, 0) is 38.0 Å². The van der Waals surface area contributed by atoms with E-state index < -0.39 is 17.5 Å². The van der Waals surface area contributed by atoms with Gasteiger partial charge in [-0.3, -0.25) is 14.5 Å². The van der Waals surface area contributed by atoms with E-state index in [1.165, 1.54) is 0 Å². The van der Waals surface area contributed by atoms with Crippen LogP contribution in [0.5, 0.6) is 0 Å². The van der Waals surface area contributed by atoms with Crippen molar-refractivity contribution in [3.05, 3.63) is 34.9 Å². The maximum absolute atomic E-state index is 12.7. The summed E-state index contributed by atoms with van der Waals surface area (Å²) in [7, 11) is 0. The molecule has 0 aromatic heterocycles. The van der Waals surface area contributed by atoms with E-state index in [1.54, 1.807) is 31.2 Å². The number of hydrogen-bond acceptors (Lipinski definition) is 3. The maximum atomic E-state index is 12.7. The molecule has 1 aliphatic rings. The lowest BCUT2D eigenvalue weighted by atomic mass is 9.92. The molecule has 24 heavy (non-hydrogen) atoms. The molecule has 130 valence electrons. The number of halogens is 1. The molecule has 1 aromatic rings. The summed E-state index contributed by atoms with van der Waals surface area (Å²) in [6.07, 6.45) is 1.79. The molecule has 0 radical (unpaired) electrons. The molecule has 4 amide bonds. The highest BCUT2D eigenvalue weighted by Crippen LogP contribution is 2.29. The first kappa shape index (κ1) is 18.3. The van der Waals surface area contributed by atoms with Gasteiger partial charge in [0.1, 0.15) is 12.1 Å². The van der Waals surface area contributed by atoms with E-state index in [1.807, 2.05) is 13.8 Å². The molecule has 0 aliphatic carbocycles. The number of carbonyl (C=O) groups excluding carboxylic acids is 3.